The van der Waals surface area contributed by atoms with E-state index in [0.29, 0.717) is 12.0 Å². The van der Waals surface area contributed by atoms with E-state index >= 15 is 0 Å². The number of hydrogen-bond donors (Lipinski definition) is 2. The van der Waals surface area contributed by atoms with E-state index in [1.54, 1.807) is 19.0 Å². The smallest absolute Gasteiger partial charge is 0.270 e. The summed E-state index contributed by atoms with van der Waals surface area (Å²) in [5.74, 6) is -0.169. The van der Waals surface area contributed by atoms with Gasteiger partial charge in [-0.3, -0.25) is 30.3 Å². The summed E-state index contributed by atoms with van der Waals surface area (Å²) < 4.78 is 0. The average Bonchev–Trinajstić information content (AvgIpc) is 2.63. The lowest BCUT2D eigenvalue weighted by atomic mass is 10.2. The molecule has 2 N–H and O–H groups in total. The number of non-ortho nitro benzene ring substituents is 1. The fraction of sp³-hybridized carbons (Fsp3) is 0.111. The number of nitrogens with zero attached hydrogens (tertiary/aromatic N) is 3. The molecule has 134 valence electrons. The minimum absolute atomic E-state index is 0.113. The molecule has 0 atom stereocenters. The Hall–Kier alpha value is -3.68. The highest BCUT2D eigenvalue weighted by atomic mass is 16.6. The number of para-hydroxylation sites is 1. The van der Waals surface area contributed by atoms with Crippen LogP contribution in [0.5, 0.6) is 5.75 Å². The zero-order chi connectivity index (χ0) is 19.1. The van der Waals surface area contributed by atoms with Gasteiger partial charge >= 0.3 is 0 Å². The summed E-state index contributed by atoms with van der Waals surface area (Å²) in [5.41, 5.74) is 4.54. The lowest BCUT2D eigenvalue weighted by molar-refractivity contribution is -0.384. The zero-order valence-electron chi connectivity index (χ0n) is 14.3. The Morgan fingerprint density at radius 2 is 1.96 bits per heavy atom. The number of aliphatic imine (C=N–C) groups is 1. The Bertz CT molecular complexity index is 863. The molecule has 0 spiro atoms. The molecule has 0 aliphatic rings. The van der Waals surface area contributed by atoms with Crippen LogP contribution in [0, 0.1) is 10.1 Å². The van der Waals surface area contributed by atoms with Crippen LogP contribution in [0.1, 0.15) is 12.5 Å². The number of nitro benzene ring substituents is 1. The van der Waals surface area contributed by atoms with Gasteiger partial charge in [0.05, 0.1) is 16.3 Å². The Kier molecular flexibility index (Phi) is 6.05. The van der Waals surface area contributed by atoms with Gasteiger partial charge in [-0.2, -0.15) is 0 Å². The van der Waals surface area contributed by atoms with E-state index in [2.05, 4.69) is 10.4 Å². The van der Waals surface area contributed by atoms with Crippen LogP contribution in [-0.2, 0) is 4.79 Å². The van der Waals surface area contributed by atoms with Gasteiger partial charge in [-0.1, -0.05) is 18.2 Å². The highest BCUT2D eigenvalue weighted by molar-refractivity contribution is 5.88. The molecule has 0 saturated heterocycles. The van der Waals surface area contributed by atoms with Crippen molar-refractivity contribution in [1.82, 2.24) is 5.01 Å². The first-order valence-electron chi connectivity index (χ1n) is 7.65. The monoisotopic (exact) mass is 354 g/mol. The molecule has 26 heavy (non-hydrogen) atoms. The molecular weight excluding hydrogens is 336 g/mol. The van der Waals surface area contributed by atoms with Crippen LogP contribution in [0.4, 0.5) is 11.4 Å². The van der Waals surface area contributed by atoms with Gasteiger partial charge in [0.2, 0.25) is 0 Å². The van der Waals surface area contributed by atoms with Crippen molar-refractivity contribution >= 4 is 23.9 Å². The number of allylic oxidation sites excluding steroid dienone is 2. The number of anilines is 1. The summed E-state index contributed by atoms with van der Waals surface area (Å²) >= 11 is 0. The maximum absolute atomic E-state index is 11.4. The van der Waals surface area contributed by atoms with Gasteiger partial charge in [-0.15, -0.1) is 0 Å². The van der Waals surface area contributed by atoms with E-state index in [1.807, 2.05) is 30.3 Å². The van der Waals surface area contributed by atoms with Crippen molar-refractivity contribution in [3.8, 4) is 5.75 Å². The summed E-state index contributed by atoms with van der Waals surface area (Å²) in [6.45, 7) is 1.70. The van der Waals surface area contributed by atoms with E-state index < -0.39 is 4.92 Å². The molecular formula is C18H18N4O4. The molecule has 0 saturated carbocycles. The second kappa shape index (κ2) is 8.43. The average molecular weight is 354 g/mol. The third kappa shape index (κ3) is 4.67. The highest BCUT2D eigenvalue weighted by Gasteiger charge is 2.10. The van der Waals surface area contributed by atoms with Crippen LogP contribution < -0.4 is 5.43 Å². The van der Waals surface area contributed by atoms with E-state index in [9.17, 15) is 20.0 Å². The number of nitrogens with one attached hydrogen (secondary N) is 1. The van der Waals surface area contributed by atoms with Gasteiger partial charge < -0.3 is 5.11 Å². The standard InChI is InChI=1S/C18H18N4O4/c1-13(21(2)20-15-6-4-3-5-7-15)17(12-23)19-11-14-10-16(22(25)26)8-9-18(14)24/h3-12,20,24H,1-2H3/b17-13+,19-11?. The molecule has 0 radical (unpaired) electrons. The summed E-state index contributed by atoms with van der Waals surface area (Å²) in [7, 11) is 1.73. The lowest BCUT2D eigenvalue weighted by Crippen LogP contribution is -2.24. The molecule has 0 unspecified atom stereocenters. The number of rotatable bonds is 7. The molecule has 0 amide bonds. The molecule has 0 heterocycles. The topological polar surface area (TPSA) is 108 Å². The molecule has 8 heteroatoms. The van der Waals surface area contributed by atoms with E-state index in [4.69, 9.17) is 0 Å². The molecule has 0 fully saturated rings. The number of benzene rings is 2. The third-order valence-corrected chi connectivity index (χ3v) is 3.62. The van der Waals surface area contributed by atoms with Crippen molar-refractivity contribution in [2.45, 2.75) is 6.92 Å². The Morgan fingerprint density at radius 1 is 1.27 bits per heavy atom. The number of aldehydes is 1. The van der Waals surface area contributed by atoms with Crippen LogP contribution in [-0.4, -0.2) is 34.6 Å². The van der Waals surface area contributed by atoms with Crippen molar-refractivity contribution in [3.63, 3.8) is 0 Å². The quantitative estimate of drug-likeness (QED) is 0.260. The van der Waals surface area contributed by atoms with Crippen LogP contribution in [0.15, 0.2) is 64.9 Å². The van der Waals surface area contributed by atoms with Gasteiger partial charge in [0.1, 0.15) is 11.4 Å². The first-order chi connectivity index (χ1) is 12.4. The van der Waals surface area contributed by atoms with E-state index in [0.717, 1.165) is 5.69 Å². The maximum atomic E-state index is 11.4. The molecule has 0 bridgehead atoms. The number of phenolic OH excluding ortho intramolecular Hbond substituents is 1. The minimum atomic E-state index is -0.573. The van der Waals surface area contributed by atoms with E-state index in [-0.39, 0.29) is 22.7 Å². The van der Waals surface area contributed by atoms with Crippen molar-refractivity contribution in [2.75, 3.05) is 12.5 Å². The predicted molar refractivity (Wildman–Crippen MR) is 98.9 cm³/mol. The van der Waals surface area contributed by atoms with Gasteiger partial charge in [0.15, 0.2) is 6.29 Å². The number of hydrazine groups is 1. The van der Waals surface area contributed by atoms with Crippen molar-refractivity contribution < 1.29 is 14.8 Å². The normalized spacial score (nSPS) is 11.8. The third-order valence-electron chi connectivity index (χ3n) is 3.62. The van der Waals surface area contributed by atoms with Gasteiger partial charge in [0, 0.05) is 31.0 Å². The number of aromatic hydroxyl groups is 1. The fourth-order valence-corrected chi connectivity index (χ4v) is 2.07. The molecule has 0 aliphatic heterocycles. The second-order valence-electron chi connectivity index (χ2n) is 5.38. The SMILES string of the molecule is C/C(=C(/C=O)N=Cc1cc([N+](=O)[O-])ccc1O)N(C)Nc1ccccc1. The molecule has 0 aliphatic carbocycles. The number of hydrogen-bond acceptors (Lipinski definition) is 7. The predicted octanol–water partition coefficient (Wildman–Crippen LogP) is 3.11. The number of nitro groups is 1. The van der Waals surface area contributed by atoms with Gasteiger partial charge in [-0.05, 0) is 25.1 Å². The molecule has 2 rings (SSSR count). The maximum Gasteiger partial charge on any atom is 0.270 e. The zero-order valence-corrected chi connectivity index (χ0v) is 14.3. The van der Waals surface area contributed by atoms with Crippen LogP contribution >= 0.6 is 0 Å². The number of carbonyl (C=O) groups excluding carboxylic acids is 1. The molecule has 2 aromatic rings. The summed E-state index contributed by atoms with van der Waals surface area (Å²) in [5, 5.41) is 22.3. The molecule has 8 nitrogen and oxygen atoms in total. The van der Waals surface area contributed by atoms with E-state index in [1.165, 1.54) is 24.4 Å². The van der Waals surface area contributed by atoms with Crippen molar-refractivity contribution in [1.29, 1.82) is 0 Å². The number of carbonyl (C=O) groups is 1. The van der Waals surface area contributed by atoms with Crippen molar-refractivity contribution in [3.05, 3.63) is 75.6 Å². The summed E-state index contributed by atoms with van der Waals surface area (Å²) in [6.07, 6.45) is 1.79. The Labute approximate surface area is 150 Å². The fourth-order valence-electron chi connectivity index (χ4n) is 2.07. The summed E-state index contributed by atoms with van der Waals surface area (Å²) in [4.78, 5) is 25.7. The highest BCUT2D eigenvalue weighted by Crippen LogP contribution is 2.22. The minimum Gasteiger partial charge on any atom is -0.507 e. The molecule has 2 aromatic carbocycles. The lowest BCUT2D eigenvalue weighted by Gasteiger charge is -2.22. The van der Waals surface area contributed by atoms with Gasteiger partial charge in [0.25, 0.3) is 5.69 Å². The van der Waals surface area contributed by atoms with Crippen LogP contribution in [0.2, 0.25) is 0 Å². The Balaban J connectivity index is 2.25. The van der Waals surface area contributed by atoms with Crippen LogP contribution in [0.25, 0.3) is 0 Å². The number of phenols is 1. The van der Waals surface area contributed by atoms with Crippen molar-refractivity contribution in [2.24, 2.45) is 4.99 Å². The first kappa shape index (κ1) is 18.7. The first-order valence-corrected chi connectivity index (χ1v) is 7.65. The Morgan fingerprint density at radius 3 is 2.58 bits per heavy atom. The van der Waals surface area contributed by atoms with Gasteiger partial charge in [-0.25, -0.2) is 0 Å². The summed E-state index contributed by atoms with van der Waals surface area (Å²) in [6, 6.07) is 13.0. The van der Waals surface area contributed by atoms with Crippen LogP contribution in [0.3, 0.4) is 0 Å². The largest absolute Gasteiger partial charge is 0.507 e. The molecule has 0 aromatic heterocycles. The second-order valence-corrected chi connectivity index (χ2v) is 5.38.